The Kier molecular flexibility index (Phi) is 6.32. The van der Waals surface area contributed by atoms with Gasteiger partial charge in [0.2, 0.25) is 5.89 Å². The highest BCUT2D eigenvalue weighted by atomic mass is 16.5. The third kappa shape index (κ3) is 4.64. The second-order valence-electron chi connectivity index (χ2n) is 7.35. The van der Waals surface area contributed by atoms with E-state index in [0.717, 1.165) is 36.3 Å². The van der Waals surface area contributed by atoms with Crippen LogP contribution in [0.15, 0.2) is 65.2 Å². The minimum absolute atomic E-state index is 0.00922. The van der Waals surface area contributed by atoms with Crippen LogP contribution in [0, 0.1) is 0 Å². The highest BCUT2D eigenvalue weighted by molar-refractivity contribution is 5.78. The van der Waals surface area contributed by atoms with E-state index in [1.807, 2.05) is 59.5 Å². The number of methoxy groups -OCH3 is 1. The van der Waals surface area contributed by atoms with E-state index in [-0.39, 0.29) is 18.6 Å². The van der Waals surface area contributed by atoms with Crippen molar-refractivity contribution in [1.29, 1.82) is 0 Å². The lowest BCUT2D eigenvalue weighted by molar-refractivity contribution is -0.137. The minimum Gasteiger partial charge on any atom is -0.496 e. The first-order valence-corrected chi connectivity index (χ1v) is 10.3. The van der Waals surface area contributed by atoms with Crippen LogP contribution in [0.5, 0.6) is 11.5 Å². The molecule has 2 aromatic carbocycles. The van der Waals surface area contributed by atoms with Crippen molar-refractivity contribution in [2.24, 2.45) is 0 Å². The van der Waals surface area contributed by atoms with Gasteiger partial charge in [0.1, 0.15) is 23.3 Å². The van der Waals surface area contributed by atoms with Gasteiger partial charge in [-0.15, -0.1) is 0 Å². The van der Waals surface area contributed by atoms with Gasteiger partial charge in [-0.25, -0.2) is 4.98 Å². The first-order valence-electron chi connectivity index (χ1n) is 10.3. The van der Waals surface area contributed by atoms with Crippen LogP contribution < -0.4 is 9.47 Å². The average Bonchev–Trinajstić information content (AvgIpc) is 3.27. The highest BCUT2D eigenvalue weighted by Crippen LogP contribution is 2.31. The van der Waals surface area contributed by atoms with Gasteiger partial charge in [-0.1, -0.05) is 36.4 Å². The molecule has 3 aromatic rings. The summed E-state index contributed by atoms with van der Waals surface area (Å²) in [6.07, 6.45) is 5.19. The molecular formula is C24H26N2O4. The maximum Gasteiger partial charge on any atom is 0.261 e. The van der Waals surface area contributed by atoms with E-state index in [0.29, 0.717) is 24.6 Å². The molecule has 30 heavy (non-hydrogen) atoms. The number of nitrogens with zero attached hydrogens (tertiary/aromatic N) is 2. The zero-order chi connectivity index (χ0) is 20.8. The lowest BCUT2D eigenvalue weighted by Gasteiger charge is -2.33. The third-order valence-electron chi connectivity index (χ3n) is 5.34. The Morgan fingerprint density at radius 1 is 1.13 bits per heavy atom. The van der Waals surface area contributed by atoms with Crippen molar-refractivity contribution >= 4 is 5.91 Å². The summed E-state index contributed by atoms with van der Waals surface area (Å²) in [6, 6.07) is 17.1. The van der Waals surface area contributed by atoms with Crippen LogP contribution >= 0.6 is 0 Å². The Balaban J connectivity index is 1.44. The maximum absolute atomic E-state index is 12.9. The molecule has 1 aliphatic rings. The summed E-state index contributed by atoms with van der Waals surface area (Å²) in [5.41, 5.74) is 1.04. The number of benzene rings is 2. The number of oxazole rings is 1. The lowest BCUT2D eigenvalue weighted by atomic mass is 10.0. The SMILES string of the molecule is COc1ccccc1Cc1cnc([C@@H]2CCCCN2C(=O)COc2ccccc2)o1. The number of para-hydroxylation sites is 2. The molecule has 6 nitrogen and oxygen atoms in total. The fourth-order valence-electron chi connectivity index (χ4n) is 3.83. The third-order valence-corrected chi connectivity index (χ3v) is 5.34. The van der Waals surface area contributed by atoms with E-state index in [2.05, 4.69) is 4.98 Å². The van der Waals surface area contributed by atoms with Gasteiger partial charge in [-0.05, 0) is 37.5 Å². The summed E-state index contributed by atoms with van der Waals surface area (Å²) in [5, 5.41) is 0. The summed E-state index contributed by atoms with van der Waals surface area (Å²) in [4.78, 5) is 19.2. The Morgan fingerprint density at radius 3 is 2.77 bits per heavy atom. The molecule has 1 aliphatic heterocycles. The van der Waals surface area contributed by atoms with Gasteiger partial charge < -0.3 is 18.8 Å². The normalized spacial score (nSPS) is 16.3. The van der Waals surface area contributed by atoms with Gasteiger partial charge in [0.25, 0.3) is 5.91 Å². The number of rotatable bonds is 7. The highest BCUT2D eigenvalue weighted by Gasteiger charge is 2.31. The number of carbonyl (C=O) groups excluding carboxylic acids is 1. The fourth-order valence-corrected chi connectivity index (χ4v) is 3.83. The molecule has 1 saturated heterocycles. The van der Waals surface area contributed by atoms with Crippen LogP contribution in [-0.2, 0) is 11.2 Å². The zero-order valence-corrected chi connectivity index (χ0v) is 17.1. The van der Waals surface area contributed by atoms with E-state index >= 15 is 0 Å². The van der Waals surface area contributed by atoms with Crippen LogP contribution in [0.4, 0.5) is 0 Å². The molecule has 0 N–H and O–H groups in total. The Hall–Kier alpha value is -3.28. The molecule has 0 unspecified atom stereocenters. The van der Waals surface area contributed by atoms with Crippen molar-refractivity contribution in [1.82, 2.24) is 9.88 Å². The van der Waals surface area contributed by atoms with Crippen molar-refractivity contribution in [3.8, 4) is 11.5 Å². The van der Waals surface area contributed by atoms with Crippen LogP contribution in [0.1, 0.15) is 42.5 Å². The fraction of sp³-hybridized carbons (Fsp3) is 0.333. The number of ether oxygens (including phenoxy) is 2. The topological polar surface area (TPSA) is 64.8 Å². The standard InChI is InChI=1S/C24H26N2O4/c1-28-22-13-6-5-9-18(22)15-20-16-25-24(30-20)21-12-7-8-14-26(21)23(27)17-29-19-10-3-2-4-11-19/h2-6,9-11,13,16,21H,7-8,12,14-15,17H2,1H3/t21-/m0/s1. The largest absolute Gasteiger partial charge is 0.496 e. The van der Waals surface area contributed by atoms with Crippen LogP contribution in [0.2, 0.25) is 0 Å². The summed E-state index contributed by atoms with van der Waals surface area (Å²) in [6.45, 7) is 0.696. The van der Waals surface area contributed by atoms with Gasteiger partial charge >= 0.3 is 0 Å². The molecule has 156 valence electrons. The number of likely N-dealkylation sites (tertiary alicyclic amines) is 1. The first kappa shape index (κ1) is 20.0. The van der Waals surface area contributed by atoms with Crippen molar-refractivity contribution in [2.45, 2.75) is 31.7 Å². The second-order valence-corrected chi connectivity index (χ2v) is 7.35. The molecule has 0 bridgehead atoms. The van der Waals surface area contributed by atoms with Crippen LogP contribution in [-0.4, -0.2) is 36.1 Å². The number of amides is 1. The molecule has 4 rings (SSSR count). The van der Waals surface area contributed by atoms with Gasteiger partial charge in [-0.3, -0.25) is 4.79 Å². The van der Waals surface area contributed by atoms with Crippen LogP contribution in [0.3, 0.4) is 0 Å². The Labute approximate surface area is 176 Å². The molecule has 1 aromatic heterocycles. The van der Waals surface area contributed by atoms with E-state index in [1.165, 1.54) is 0 Å². The Bertz CT molecular complexity index is 970. The van der Waals surface area contributed by atoms with Crippen molar-refractivity contribution in [3.05, 3.63) is 78.0 Å². The monoisotopic (exact) mass is 406 g/mol. The molecule has 1 amide bonds. The van der Waals surface area contributed by atoms with E-state index in [1.54, 1.807) is 13.3 Å². The quantitative estimate of drug-likeness (QED) is 0.582. The van der Waals surface area contributed by atoms with Gasteiger partial charge in [0, 0.05) is 18.5 Å². The van der Waals surface area contributed by atoms with E-state index in [4.69, 9.17) is 13.9 Å². The first-order chi connectivity index (χ1) is 14.7. The molecule has 0 saturated carbocycles. The van der Waals surface area contributed by atoms with Crippen LogP contribution in [0.25, 0.3) is 0 Å². The summed E-state index contributed by atoms with van der Waals surface area (Å²) in [7, 11) is 1.66. The predicted octanol–water partition coefficient (Wildman–Crippen LogP) is 4.41. The maximum atomic E-state index is 12.9. The molecule has 0 spiro atoms. The predicted molar refractivity (Wildman–Crippen MR) is 113 cm³/mol. The number of piperidine rings is 1. The zero-order valence-electron chi connectivity index (χ0n) is 17.1. The molecule has 0 aliphatic carbocycles. The second kappa shape index (κ2) is 9.48. The van der Waals surface area contributed by atoms with Crippen molar-refractivity contribution in [3.63, 3.8) is 0 Å². The lowest BCUT2D eigenvalue weighted by Crippen LogP contribution is -2.41. The Morgan fingerprint density at radius 2 is 1.93 bits per heavy atom. The van der Waals surface area contributed by atoms with Crippen molar-refractivity contribution in [2.75, 3.05) is 20.3 Å². The van der Waals surface area contributed by atoms with Crippen molar-refractivity contribution < 1.29 is 18.7 Å². The molecular weight excluding hydrogens is 380 g/mol. The molecule has 1 fully saturated rings. The summed E-state index contributed by atoms with van der Waals surface area (Å²) in [5.74, 6) is 2.81. The smallest absolute Gasteiger partial charge is 0.261 e. The molecule has 6 heteroatoms. The van der Waals surface area contributed by atoms with Gasteiger partial charge in [-0.2, -0.15) is 0 Å². The van der Waals surface area contributed by atoms with Gasteiger partial charge in [0.15, 0.2) is 6.61 Å². The molecule has 1 atom stereocenters. The van der Waals surface area contributed by atoms with E-state index < -0.39 is 0 Å². The van der Waals surface area contributed by atoms with E-state index in [9.17, 15) is 4.79 Å². The molecule has 0 radical (unpaired) electrons. The minimum atomic E-state index is -0.156. The number of aromatic nitrogens is 1. The summed E-state index contributed by atoms with van der Waals surface area (Å²) < 4.78 is 17.2. The average molecular weight is 406 g/mol. The summed E-state index contributed by atoms with van der Waals surface area (Å²) >= 11 is 0. The number of carbonyl (C=O) groups is 1. The van der Waals surface area contributed by atoms with Gasteiger partial charge in [0.05, 0.1) is 13.3 Å². The molecule has 2 heterocycles. The number of hydrogen-bond acceptors (Lipinski definition) is 5. The number of hydrogen-bond donors (Lipinski definition) is 0.